The Kier molecular flexibility index (Phi) is 3.49. The van der Waals surface area contributed by atoms with E-state index in [4.69, 9.17) is 0 Å². The Balaban J connectivity index is 1.67. The van der Waals surface area contributed by atoms with E-state index in [1.165, 1.54) is 71.0 Å². The topological polar surface area (TPSA) is 15.3 Å². The normalized spacial score (nSPS) is 38.2. The first-order valence-electron chi connectivity index (χ1n) is 7.41. The fraction of sp³-hybridized carbons (Fsp3) is 1.00. The molecule has 1 saturated carbocycles. The molecule has 3 rings (SSSR count). The first kappa shape index (κ1) is 11.0. The highest BCUT2D eigenvalue weighted by Gasteiger charge is 2.36. The molecule has 1 N–H and O–H groups in total. The van der Waals surface area contributed by atoms with Gasteiger partial charge in [0.2, 0.25) is 0 Å². The monoisotopic (exact) mass is 222 g/mol. The zero-order valence-corrected chi connectivity index (χ0v) is 10.5. The Hall–Kier alpha value is -0.0800. The first-order valence-corrected chi connectivity index (χ1v) is 7.41. The lowest BCUT2D eigenvalue weighted by molar-refractivity contribution is 0.0155. The minimum atomic E-state index is 0.909. The molecule has 0 bridgehead atoms. The van der Waals surface area contributed by atoms with E-state index in [2.05, 4.69) is 10.2 Å². The van der Waals surface area contributed by atoms with Crippen molar-refractivity contribution in [3.8, 4) is 0 Å². The minimum Gasteiger partial charge on any atom is -0.317 e. The SMILES string of the molecule is C1CCC2C(C1)CCCN2C1CCNCC1. The maximum Gasteiger partial charge on any atom is 0.0126 e. The average molecular weight is 222 g/mol. The summed E-state index contributed by atoms with van der Waals surface area (Å²) >= 11 is 0. The second-order valence-corrected chi connectivity index (χ2v) is 5.97. The molecule has 0 amide bonds. The van der Waals surface area contributed by atoms with E-state index in [1.807, 2.05) is 0 Å². The van der Waals surface area contributed by atoms with E-state index in [1.54, 1.807) is 0 Å². The molecule has 2 heteroatoms. The van der Waals surface area contributed by atoms with Crippen LogP contribution in [0.15, 0.2) is 0 Å². The molecule has 16 heavy (non-hydrogen) atoms. The van der Waals surface area contributed by atoms with Crippen molar-refractivity contribution in [3.63, 3.8) is 0 Å². The van der Waals surface area contributed by atoms with Gasteiger partial charge in [0.15, 0.2) is 0 Å². The van der Waals surface area contributed by atoms with E-state index in [0.717, 1.165) is 18.0 Å². The van der Waals surface area contributed by atoms with Crippen molar-refractivity contribution in [2.24, 2.45) is 5.92 Å². The van der Waals surface area contributed by atoms with E-state index in [-0.39, 0.29) is 0 Å². The number of fused-ring (bicyclic) bond motifs is 1. The lowest BCUT2D eigenvalue weighted by Gasteiger charge is -2.48. The number of nitrogens with one attached hydrogen (secondary N) is 1. The van der Waals surface area contributed by atoms with Gasteiger partial charge < -0.3 is 5.32 Å². The number of hydrogen-bond donors (Lipinski definition) is 1. The highest BCUT2D eigenvalue weighted by molar-refractivity contribution is 4.91. The highest BCUT2D eigenvalue weighted by atomic mass is 15.2. The van der Waals surface area contributed by atoms with Crippen molar-refractivity contribution in [3.05, 3.63) is 0 Å². The average Bonchev–Trinajstić information content (AvgIpc) is 2.39. The van der Waals surface area contributed by atoms with Crippen molar-refractivity contribution >= 4 is 0 Å². The van der Waals surface area contributed by atoms with Gasteiger partial charge >= 0.3 is 0 Å². The van der Waals surface area contributed by atoms with Crippen molar-refractivity contribution < 1.29 is 0 Å². The molecule has 0 aromatic heterocycles. The number of piperidine rings is 2. The third-order valence-electron chi connectivity index (χ3n) is 5.06. The Morgan fingerprint density at radius 2 is 1.56 bits per heavy atom. The third-order valence-corrected chi connectivity index (χ3v) is 5.06. The van der Waals surface area contributed by atoms with Crippen molar-refractivity contribution in [1.29, 1.82) is 0 Å². The van der Waals surface area contributed by atoms with Crippen LogP contribution in [-0.2, 0) is 0 Å². The van der Waals surface area contributed by atoms with Gasteiger partial charge in [0.25, 0.3) is 0 Å². The van der Waals surface area contributed by atoms with Gasteiger partial charge in [-0.2, -0.15) is 0 Å². The second-order valence-electron chi connectivity index (χ2n) is 5.97. The Morgan fingerprint density at radius 3 is 2.44 bits per heavy atom. The second kappa shape index (κ2) is 5.05. The fourth-order valence-corrected chi connectivity index (χ4v) is 4.25. The van der Waals surface area contributed by atoms with Gasteiger partial charge in [0.05, 0.1) is 0 Å². The molecule has 3 fully saturated rings. The summed E-state index contributed by atoms with van der Waals surface area (Å²) in [7, 11) is 0. The van der Waals surface area contributed by atoms with Crippen LogP contribution in [0.2, 0.25) is 0 Å². The van der Waals surface area contributed by atoms with E-state index >= 15 is 0 Å². The summed E-state index contributed by atoms with van der Waals surface area (Å²) in [5.74, 6) is 1.05. The maximum absolute atomic E-state index is 3.50. The third kappa shape index (κ3) is 2.14. The van der Waals surface area contributed by atoms with Crippen LogP contribution in [0.1, 0.15) is 51.4 Å². The van der Waals surface area contributed by atoms with Crippen LogP contribution in [-0.4, -0.2) is 36.6 Å². The lowest BCUT2D eigenvalue weighted by Crippen LogP contribution is -2.54. The zero-order valence-electron chi connectivity index (χ0n) is 10.5. The number of rotatable bonds is 1. The van der Waals surface area contributed by atoms with Gasteiger partial charge in [-0.1, -0.05) is 12.8 Å². The molecule has 3 aliphatic rings. The molecular weight excluding hydrogens is 196 g/mol. The van der Waals surface area contributed by atoms with Crippen LogP contribution in [0.25, 0.3) is 0 Å². The van der Waals surface area contributed by atoms with Gasteiger partial charge in [-0.25, -0.2) is 0 Å². The molecule has 2 atom stereocenters. The number of likely N-dealkylation sites (tertiary alicyclic amines) is 1. The summed E-state index contributed by atoms with van der Waals surface area (Å²) in [5.41, 5.74) is 0. The minimum absolute atomic E-state index is 0.909. The molecule has 0 aromatic carbocycles. The quantitative estimate of drug-likeness (QED) is 0.733. The van der Waals surface area contributed by atoms with Crippen LogP contribution < -0.4 is 5.32 Å². The molecule has 1 aliphatic carbocycles. The number of nitrogens with zero attached hydrogens (tertiary/aromatic N) is 1. The Morgan fingerprint density at radius 1 is 0.812 bits per heavy atom. The maximum atomic E-state index is 3.50. The van der Waals surface area contributed by atoms with Gasteiger partial charge in [0, 0.05) is 12.1 Å². The summed E-state index contributed by atoms with van der Waals surface area (Å²) in [5, 5.41) is 3.50. The van der Waals surface area contributed by atoms with Crippen LogP contribution >= 0.6 is 0 Å². The van der Waals surface area contributed by atoms with Crippen LogP contribution in [0, 0.1) is 5.92 Å². The Labute approximate surface area is 99.8 Å². The van der Waals surface area contributed by atoms with Gasteiger partial charge in [-0.3, -0.25) is 4.90 Å². The molecule has 92 valence electrons. The molecule has 2 heterocycles. The van der Waals surface area contributed by atoms with E-state index < -0.39 is 0 Å². The predicted molar refractivity (Wildman–Crippen MR) is 67.6 cm³/mol. The Bertz CT molecular complexity index is 221. The predicted octanol–water partition coefficient (Wildman–Crippen LogP) is 2.39. The van der Waals surface area contributed by atoms with E-state index in [0.29, 0.717) is 0 Å². The largest absolute Gasteiger partial charge is 0.317 e. The fourth-order valence-electron chi connectivity index (χ4n) is 4.25. The molecule has 2 aliphatic heterocycles. The van der Waals surface area contributed by atoms with Gasteiger partial charge in [-0.05, 0) is 64.1 Å². The molecule has 2 unspecified atom stereocenters. The summed E-state index contributed by atoms with van der Waals surface area (Å²) in [6.07, 6.45) is 11.8. The van der Waals surface area contributed by atoms with Gasteiger partial charge in [0.1, 0.15) is 0 Å². The molecule has 2 nitrogen and oxygen atoms in total. The summed E-state index contributed by atoms with van der Waals surface area (Å²) < 4.78 is 0. The zero-order chi connectivity index (χ0) is 10.8. The lowest BCUT2D eigenvalue weighted by atomic mass is 9.77. The standard InChI is InChI=1S/C14H26N2/c1-2-6-14-12(4-1)5-3-11-16(14)13-7-9-15-10-8-13/h12-15H,1-11H2. The summed E-state index contributed by atoms with van der Waals surface area (Å²) in [4.78, 5) is 2.91. The molecule has 0 spiro atoms. The summed E-state index contributed by atoms with van der Waals surface area (Å²) in [6, 6.07) is 1.87. The van der Waals surface area contributed by atoms with Crippen molar-refractivity contribution in [2.45, 2.75) is 63.5 Å². The molecule has 0 aromatic rings. The van der Waals surface area contributed by atoms with Gasteiger partial charge in [-0.15, -0.1) is 0 Å². The highest BCUT2D eigenvalue weighted by Crippen LogP contribution is 2.37. The molecule has 0 radical (unpaired) electrons. The van der Waals surface area contributed by atoms with Crippen LogP contribution in [0.4, 0.5) is 0 Å². The molecular formula is C14H26N2. The van der Waals surface area contributed by atoms with Crippen molar-refractivity contribution in [1.82, 2.24) is 10.2 Å². The summed E-state index contributed by atoms with van der Waals surface area (Å²) in [6.45, 7) is 3.89. The van der Waals surface area contributed by atoms with E-state index in [9.17, 15) is 0 Å². The van der Waals surface area contributed by atoms with Crippen molar-refractivity contribution in [2.75, 3.05) is 19.6 Å². The molecule has 2 saturated heterocycles. The van der Waals surface area contributed by atoms with Crippen LogP contribution in [0.5, 0.6) is 0 Å². The smallest absolute Gasteiger partial charge is 0.0126 e. The first-order chi connectivity index (χ1) is 7.95. The number of hydrogen-bond acceptors (Lipinski definition) is 2. The van der Waals surface area contributed by atoms with Crippen LogP contribution in [0.3, 0.4) is 0 Å².